The van der Waals surface area contributed by atoms with E-state index in [9.17, 15) is 4.79 Å². The number of aromatic nitrogens is 4. The van der Waals surface area contributed by atoms with Gasteiger partial charge in [-0.15, -0.1) is 10.2 Å². The lowest BCUT2D eigenvalue weighted by Gasteiger charge is -2.21. The van der Waals surface area contributed by atoms with Crippen LogP contribution in [-0.4, -0.2) is 52.1 Å². The van der Waals surface area contributed by atoms with Crippen LogP contribution in [0.15, 0.2) is 18.2 Å². The highest BCUT2D eigenvalue weighted by Crippen LogP contribution is 2.30. The molecule has 9 heteroatoms. The molecule has 1 aliphatic rings. The first-order valence-corrected chi connectivity index (χ1v) is 12.2. The predicted molar refractivity (Wildman–Crippen MR) is 131 cm³/mol. The van der Waals surface area contributed by atoms with E-state index in [4.69, 9.17) is 19.6 Å². The third kappa shape index (κ3) is 5.24. The average molecular weight is 482 g/mol. The molecule has 0 bridgehead atoms. The van der Waals surface area contributed by atoms with Gasteiger partial charge in [0.05, 0.1) is 13.2 Å². The number of aryl methyl sites for hydroxylation is 1. The van der Waals surface area contributed by atoms with Gasteiger partial charge in [-0.05, 0) is 61.8 Å². The van der Waals surface area contributed by atoms with E-state index in [1.54, 1.807) is 13.2 Å². The van der Waals surface area contributed by atoms with Gasteiger partial charge in [-0.2, -0.15) is 4.52 Å². The third-order valence-electron chi connectivity index (χ3n) is 6.27. The summed E-state index contributed by atoms with van der Waals surface area (Å²) in [5.74, 6) is 1.05. The molecule has 0 fully saturated rings. The maximum Gasteiger partial charge on any atom is 0.242 e. The molecule has 188 valence electrons. The van der Waals surface area contributed by atoms with Gasteiger partial charge in [0.25, 0.3) is 0 Å². The number of nitrogens with zero attached hydrogens (tertiary/aromatic N) is 4. The Hall–Kier alpha value is -3.20. The molecule has 0 atom stereocenters. The van der Waals surface area contributed by atoms with Gasteiger partial charge in [0, 0.05) is 23.8 Å². The molecule has 0 unspecified atom stereocenters. The zero-order valence-corrected chi connectivity index (χ0v) is 21.3. The maximum atomic E-state index is 13.4. The van der Waals surface area contributed by atoms with Crippen LogP contribution >= 0.6 is 0 Å². The number of carbonyl (C=O) groups is 1. The van der Waals surface area contributed by atoms with Gasteiger partial charge in [-0.3, -0.25) is 10.2 Å². The number of ketones is 1. The molecule has 2 aromatic heterocycles. The van der Waals surface area contributed by atoms with Crippen molar-refractivity contribution in [2.45, 2.75) is 65.3 Å². The van der Waals surface area contributed by atoms with Crippen molar-refractivity contribution >= 4 is 11.4 Å². The van der Waals surface area contributed by atoms with Crippen LogP contribution in [-0.2, 0) is 29.5 Å². The largest absolute Gasteiger partial charge is 0.491 e. The predicted octanol–water partition coefficient (Wildman–Crippen LogP) is 3.49. The molecule has 3 aromatic rings. The number of hydrogen-bond donors (Lipinski definition) is 1. The third-order valence-corrected chi connectivity index (χ3v) is 6.27. The van der Waals surface area contributed by atoms with Crippen LogP contribution in [0.4, 0.5) is 0 Å². The Balaban J connectivity index is 1.70. The summed E-state index contributed by atoms with van der Waals surface area (Å²) in [6.45, 7) is 9.51. The lowest BCUT2D eigenvalue weighted by Crippen LogP contribution is -2.27. The minimum atomic E-state index is -0.162. The fourth-order valence-electron chi connectivity index (χ4n) is 4.35. The first-order valence-electron chi connectivity index (χ1n) is 12.2. The van der Waals surface area contributed by atoms with E-state index in [1.807, 2.05) is 19.1 Å². The van der Waals surface area contributed by atoms with E-state index in [2.05, 4.69) is 31.0 Å². The van der Waals surface area contributed by atoms with Crippen molar-refractivity contribution in [3.8, 4) is 11.6 Å². The Bertz CT molecular complexity index is 1290. The van der Waals surface area contributed by atoms with E-state index in [1.165, 1.54) is 9.20 Å². The van der Waals surface area contributed by atoms with Gasteiger partial charge >= 0.3 is 0 Å². The van der Waals surface area contributed by atoms with Crippen molar-refractivity contribution < 1.29 is 19.0 Å². The van der Waals surface area contributed by atoms with Gasteiger partial charge < -0.3 is 14.2 Å². The molecule has 35 heavy (non-hydrogen) atoms. The lowest BCUT2D eigenvalue weighted by molar-refractivity contribution is 0.0964. The number of hydrogen-bond acceptors (Lipinski definition) is 7. The number of ether oxygens (including phenoxy) is 3. The lowest BCUT2D eigenvalue weighted by atomic mass is 9.85. The molecule has 0 spiro atoms. The van der Waals surface area contributed by atoms with Gasteiger partial charge in [0.15, 0.2) is 11.4 Å². The highest BCUT2D eigenvalue weighted by molar-refractivity contribution is 5.96. The number of Topliss-reactive ketones (excluding diaryl/α,β-unsaturated/α-hetero) is 1. The normalized spacial score (nSPS) is 13.6. The Labute approximate surface area is 205 Å². The van der Waals surface area contributed by atoms with E-state index >= 15 is 0 Å². The van der Waals surface area contributed by atoms with Crippen LogP contribution in [0.5, 0.6) is 11.6 Å². The van der Waals surface area contributed by atoms with E-state index in [0.717, 1.165) is 42.4 Å². The maximum absolute atomic E-state index is 13.4. The summed E-state index contributed by atoms with van der Waals surface area (Å²) in [6, 6.07) is 5.62. The van der Waals surface area contributed by atoms with Crippen molar-refractivity contribution in [1.82, 2.24) is 19.4 Å². The summed E-state index contributed by atoms with van der Waals surface area (Å²) >= 11 is 0. The second kappa shape index (κ2) is 10.2. The molecule has 0 saturated heterocycles. The second-order valence-electron chi connectivity index (χ2n) is 9.88. The Morgan fingerprint density at radius 2 is 1.80 bits per heavy atom. The molecule has 1 aromatic carbocycles. The Morgan fingerprint density at radius 1 is 1.06 bits per heavy atom. The van der Waals surface area contributed by atoms with Gasteiger partial charge in [0.2, 0.25) is 11.5 Å². The second-order valence-corrected chi connectivity index (χ2v) is 9.88. The standard InChI is InChI=1S/C26H35N5O4/c1-6-34-24-21-10-8-7-9-20(21)23-28-30(25(27)31(23)29-24)16-22(32)17-13-18(26(2,3)4)15-19(14-17)35-12-11-33-5/h13-15,27H,6-12,16H2,1-5H3. The quantitative estimate of drug-likeness (QED) is 0.371. The van der Waals surface area contributed by atoms with Gasteiger partial charge in [-0.25, -0.2) is 4.68 Å². The number of fused-ring (bicyclic) bond motifs is 3. The Morgan fingerprint density at radius 3 is 2.49 bits per heavy atom. The molecule has 0 aliphatic heterocycles. The van der Waals surface area contributed by atoms with Crippen LogP contribution < -0.4 is 15.1 Å². The summed E-state index contributed by atoms with van der Waals surface area (Å²) in [5, 5.41) is 17.9. The number of carbonyl (C=O) groups excluding carboxylic acids is 1. The Kier molecular flexibility index (Phi) is 7.25. The fraction of sp³-hybridized carbons (Fsp3) is 0.538. The van der Waals surface area contributed by atoms with Crippen molar-refractivity contribution in [1.29, 1.82) is 5.41 Å². The first-order chi connectivity index (χ1) is 16.7. The number of rotatable bonds is 9. The number of methoxy groups -OCH3 is 1. The average Bonchev–Trinajstić information content (AvgIpc) is 3.14. The van der Waals surface area contributed by atoms with E-state index in [0.29, 0.717) is 42.7 Å². The molecular formula is C26H35N5O4. The minimum Gasteiger partial charge on any atom is -0.491 e. The van der Waals surface area contributed by atoms with Crippen LogP contribution in [0.3, 0.4) is 0 Å². The zero-order valence-electron chi connectivity index (χ0n) is 21.3. The number of nitrogens with one attached hydrogen (secondary N) is 1. The van der Waals surface area contributed by atoms with E-state index < -0.39 is 0 Å². The topological polar surface area (TPSA) is 104 Å². The van der Waals surface area contributed by atoms with Crippen LogP contribution in [0.1, 0.15) is 67.6 Å². The summed E-state index contributed by atoms with van der Waals surface area (Å²) in [6.07, 6.45) is 3.89. The van der Waals surface area contributed by atoms with E-state index in [-0.39, 0.29) is 23.4 Å². The molecule has 4 rings (SSSR count). The minimum absolute atomic E-state index is 0.0474. The molecule has 9 nitrogen and oxygen atoms in total. The molecular weight excluding hydrogens is 446 g/mol. The fourth-order valence-corrected chi connectivity index (χ4v) is 4.35. The summed E-state index contributed by atoms with van der Waals surface area (Å²) < 4.78 is 19.6. The van der Waals surface area contributed by atoms with Gasteiger partial charge in [-0.1, -0.05) is 20.8 Å². The van der Waals surface area contributed by atoms with Crippen LogP contribution in [0.25, 0.3) is 5.65 Å². The summed E-state index contributed by atoms with van der Waals surface area (Å²) in [5.41, 5.74) is 4.19. The van der Waals surface area contributed by atoms with Crippen molar-refractivity contribution in [2.75, 3.05) is 26.9 Å². The first kappa shape index (κ1) is 24.9. The smallest absolute Gasteiger partial charge is 0.242 e. The molecule has 0 radical (unpaired) electrons. The SMILES string of the molecule is CCOc1nn2c(=N)n(CC(=O)c3cc(OCCOC)cc(C(C)(C)C)c3)nc2c2c1CCCC2. The van der Waals surface area contributed by atoms with Crippen molar-refractivity contribution in [3.05, 3.63) is 46.1 Å². The molecule has 1 N–H and O–H groups in total. The number of benzene rings is 1. The van der Waals surface area contributed by atoms with Gasteiger partial charge in [0.1, 0.15) is 18.9 Å². The summed E-state index contributed by atoms with van der Waals surface area (Å²) in [7, 11) is 1.62. The van der Waals surface area contributed by atoms with Crippen LogP contribution in [0.2, 0.25) is 0 Å². The van der Waals surface area contributed by atoms with Crippen molar-refractivity contribution in [3.63, 3.8) is 0 Å². The molecule has 0 saturated carbocycles. The van der Waals surface area contributed by atoms with Crippen LogP contribution in [0, 0.1) is 5.41 Å². The summed E-state index contributed by atoms with van der Waals surface area (Å²) in [4.78, 5) is 13.4. The molecule has 0 amide bonds. The van der Waals surface area contributed by atoms with Crippen molar-refractivity contribution in [2.24, 2.45) is 0 Å². The monoisotopic (exact) mass is 481 g/mol. The zero-order chi connectivity index (χ0) is 25.2. The molecule has 2 heterocycles. The highest BCUT2D eigenvalue weighted by atomic mass is 16.5. The molecule has 1 aliphatic carbocycles. The highest BCUT2D eigenvalue weighted by Gasteiger charge is 2.24.